The van der Waals surface area contributed by atoms with Gasteiger partial charge in [-0.25, -0.2) is 0 Å². The van der Waals surface area contributed by atoms with E-state index in [1.807, 2.05) is 0 Å². The highest BCUT2D eigenvalue weighted by Crippen LogP contribution is 2.31. The summed E-state index contributed by atoms with van der Waals surface area (Å²) < 4.78 is 38.4. The molecule has 0 atom stereocenters. The molecule has 3 nitrogen and oxygen atoms in total. The molecule has 1 heterocycles. The Kier molecular flexibility index (Phi) is 5.71. The van der Waals surface area contributed by atoms with E-state index in [4.69, 9.17) is 0 Å². The van der Waals surface area contributed by atoms with E-state index in [2.05, 4.69) is 4.99 Å². The summed E-state index contributed by atoms with van der Waals surface area (Å²) in [4.78, 5) is 18.8. The van der Waals surface area contributed by atoms with Crippen molar-refractivity contribution in [1.29, 1.82) is 0 Å². The minimum atomic E-state index is -4.34. The Bertz CT molecular complexity index is 654. The quantitative estimate of drug-likeness (QED) is 0.771. The molecular formula is C18H21F3N2OS. The Balaban J connectivity index is 1.61. The van der Waals surface area contributed by atoms with Gasteiger partial charge in [0.15, 0.2) is 5.17 Å². The maximum atomic E-state index is 12.8. The lowest BCUT2D eigenvalue weighted by Crippen LogP contribution is -2.38. The van der Waals surface area contributed by atoms with Crippen LogP contribution in [0.5, 0.6) is 0 Å². The molecule has 3 rings (SSSR count). The van der Waals surface area contributed by atoms with Gasteiger partial charge in [-0.1, -0.05) is 49.2 Å². The van der Waals surface area contributed by atoms with E-state index in [1.54, 1.807) is 11.0 Å². The highest BCUT2D eigenvalue weighted by atomic mass is 32.2. The third kappa shape index (κ3) is 4.57. The van der Waals surface area contributed by atoms with Crippen LogP contribution in [0.25, 0.3) is 0 Å². The van der Waals surface area contributed by atoms with Crippen molar-refractivity contribution in [2.24, 2.45) is 10.9 Å². The number of aliphatic imine (C=N–C) groups is 1. The van der Waals surface area contributed by atoms with Crippen molar-refractivity contribution >= 4 is 22.8 Å². The van der Waals surface area contributed by atoms with Gasteiger partial charge >= 0.3 is 6.18 Å². The SMILES string of the molecule is O=C(C1CCCCC1)N1CCN=C1SCc1cccc(C(F)(F)F)c1. The minimum Gasteiger partial charge on any atom is -0.289 e. The zero-order valence-electron chi connectivity index (χ0n) is 13.9. The predicted octanol–water partition coefficient (Wildman–Crippen LogP) is 4.72. The predicted molar refractivity (Wildman–Crippen MR) is 93.3 cm³/mol. The molecule has 1 saturated carbocycles. The molecule has 1 amide bonds. The van der Waals surface area contributed by atoms with Crippen LogP contribution < -0.4 is 0 Å². The van der Waals surface area contributed by atoms with Gasteiger partial charge in [-0.15, -0.1) is 0 Å². The van der Waals surface area contributed by atoms with Crippen LogP contribution in [-0.4, -0.2) is 29.1 Å². The largest absolute Gasteiger partial charge is 0.416 e. The van der Waals surface area contributed by atoms with Gasteiger partial charge in [0.05, 0.1) is 12.1 Å². The van der Waals surface area contributed by atoms with Crippen molar-refractivity contribution in [2.45, 2.75) is 44.0 Å². The Hall–Kier alpha value is -1.50. The number of benzene rings is 1. The second-order valence-corrected chi connectivity index (χ2v) is 7.42. The van der Waals surface area contributed by atoms with Gasteiger partial charge in [0.25, 0.3) is 0 Å². The molecule has 1 aliphatic heterocycles. The first-order valence-electron chi connectivity index (χ1n) is 8.60. The lowest BCUT2D eigenvalue weighted by Gasteiger charge is -2.26. The van der Waals surface area contributed by atoms with Crippen LogP contribution in [-0.2, 0) is 16.7 Å². The van der Waals surface area contributed by atoms with Gasteiger partial charge in [0.1, 0.15) is 0 Å². The monoisotopic (exact) mass is 370 g/mol. The number of hydrogen-bond acceptors (Lipinski definition) is 3. The fourth-order valence-corrected chi connectivity index (χ4v) is 4.30. The summed E-state index contributed by atoms with van der Waals surface area (Å²) in [5.74, 6) is 0.579. The molecule has 1 aromatic rings. The third-order valence-corrected chi connectivity index (χ3v) is 5.73. The number of halogens is 3. The van der Waals surface area contributed by atoms with Crippen molar-refractivity contribution in [2.75, 3.05) is 13.1 Å². The van der Waals surface area contributed by atoms with Crippen LogP contribution in [0.15, 0.2) is 29.3 Å². The molecule has 0 radical (unpaired) electrons. The average molecular weight is 370 g/mol. The van der Waals surface area contributed by atoms with Gasteiger partial charge in [-0.3, -0.25) is 14.7 Å². The molecule has 2 aliphatic rings. The second-order valence-electron chi connectivity index (χ2n) is 6.48. The molecule has 0 saturated heterocycles. The standard InChI is InChI=1S/C18H21F3N2OS/c19-18(20,21)15-8-4-5-13(11-15)12-25-17-22-9-10-23(17)16(24)14-6-2-1-3-7-14/h4-5,8,11,14H,1-3,6-7,9-10,12H2. The fraction of sp³-hybridized carbons (Fsp3) is 0.556. The normalized spacial score (nSPS) is 19.2. The lowest BCUT2D eigenvalue weighted by molar-refractivity contribution is -0.137. The maximum Gasteiger partial charge on any atom is 0.416 e. The summed E-state index contributed by atoms with van der Waals surface area (Å²) in [6, 6.07) is 5.32. The van der Waals surface area contributed by atoms with Crippen LogP contribution in [0, 0.1) is 5.92 Å². The number of nitrogens with zero attached hydrogens (tertiary/aromatic N) is 2. The van der Waals surface area contributed by atoms with Crippen LogP contribution in [0.3, 0.4) is 0 Å². The summed E-state index contributed by atoms with van der Waals surface area (Å²) in [7, 11) is 0. The number of rotatable bonds is 3. The number of alkyl halides is 3. The molecule has 136 valence electrons. The van der Waals surface area contributed by atoms with Crippen molar-refractivity contribution in [3.05, 3.63) is 35.4 Å². The maximum absolute atomic E-state index is 12.8. The van der Waals surface area contributed by atoms with Crippen LogP contribution in [0.4, 0.5) is 13.2 Å². The lowest BCUT2D eigenvalue weighted by atomic mass is 9.88. The smallest absolute Gasteiger partial charge is 0.289 e. The van der Waals surface area contributed by atoms with E-state index >= 15 is 0 Å². The van der Waals surface area contributed by atoms with E-state index in [0.717, 1.165) is 37.8 Å². The van der Waals surface area contributed by atoms with Gasteiger partial charge in [0.2, 0.25) is 5.91 Å². The van der Waals surface area contributed by atoms with Crippen molar-refractivity contribution in [3.63, 3.8) is 0 Å². The minimum absolute atomic E-state index is 0.0752. The summed E-state index contributed by atoms with van der Waals surface area (Å²) >= 11 is 1.34. The molecule has 0 unspecified atom stereocenters. The van der Waals surface area contributed by atoms with Gasteiger partial charge < -0.3 is 0 Å². The average Bonchev–Trinajstić information content (AvgIpc) is 3.08. The fourth-order valence-electron chi connectivity index (χ4n) is 3.31. The van der Waals surface area contributed by atoms with Crippen molar-refractivity contribution in [3.8, 4) is 0 Å². The third-order valence-electron chi connectivity index (χ3n) is 4.64. The number of thioether (sulfide) groups is 1. The molecule has 1 fully saturated rings. The van der Waals surface area contributed by atoms with E-state index in [1.165, 1.54) is 24.2 Å². The van der Waals surface area contributed by atoms with E-state index in [0.29, 0.717) is 29.6 Å². The van der Waals surface area contributed by atoms with Crippen LogP contribution in [0.1, 0.15) is 43.2 Å². The first-order chi connectivity index (χ1) is 11.9. The zero-order valence-corrected chi connectivity index (χ0v) is 14.7. The first kappa shape index (κ1) is 18.3. The molecule has 1 aliphatic carbocycles. The van der Waals surface area contributed by atoms with Crippen LogP contribution >= 0.6 is 11.8 Å². The van der Waals surface area contributed by atoms with Gasteiger partial charge in [0, 0.05) is 18.2 Å². The van der Waals surface area contributed by atoms with E-state index < -0.39 is 11.7 Å². The number of hydrogen-bond donors (Lipinski definition) is 0. The van der Waals surface area contributed by atoms with Crippen molar-refractivity contribution in [1.82, 2.24) is 4.90 Å². The molecule has 7 heteroatoms. The van der Waals surface area contributed by atoms with Gasteiger partial charge in [-0.05, 0) is 24.5 Å². The number of carbonyl (C=O) groups is 1. The zero-order chi connectivity index (χ0) is 17.9. The molecule has 25 heavy (non-hydrogen) atoms. The molecular weight excluding hydrogens is 349 g/mol. The Morgan fingerprint density at radius 2 is 2.00 bits per heavy atom. The summed E-state index contributed by atoms with van der Waals surface area (Å²) in [5, 5.41) is 0.646. The number of amidine groups is 1. The summed E-state index contributed by atoms with van der Waals surface area (Å²) in [5.41, 5.74) is -0.0615. The highest BCUT2D eigenvalue weighted by Gasteiger charge is 2.32. The molecule has 0 bridgehead atoms. The number of amides is 1. The Morgan fingerprint density at radius 1 is 1.24 bits per heavy atom. The summed E-state index contributed by atoms with van der Waals surface area (Å²) in [6.07, 6.45) is 0.896. The first-order valence-corrected chi connectivity index (χ1v) is 9.58. The number of carbonyl (C=O) groups excluding carboxylic acids is 1. The topological polar surface area (TPSA) is 32.7 Å². The Labute approximate surface area is 149 Å². The van der Waals surface area contributed by atoms with Gasteiger partial charge in [-0.2, -0.15) is 13.2 Å². The molecule has 1 aromatic carbocycles. The van der Waals surface area contributed by atoms with E-state index in [-0.39, 0.29) is 11.8 Å². The molecule has 0 N–H and O–H groups in total. The highest BCUT2D eigenvalue weighted by molar-refractivity contribution is 8.13. The second kappa shape index (κ2) is 7.81. The Morgan fingerprint density at radius 3 is 2.72 bits per heavy atom. The summed E-state index contributed by atoms with van der Waals surface area (Å²) in [6.45, 7) is 1.16. The van der Waals surface area contributed by atoms with Crippen molar-refractivity contribution < 1.29 is 18.0 Å². The molecule has 0 aromatic heterocycles. The van der Waals surface area contributed by atoms with Crippen LogP contribution in [0.2, 0.25) is 0 Å². The molecule has 0 spiro atoms. The van der Waals surface area contributed by atoms with E-state index in [9.17, 15) is 18.0 Å².